The fraction of sp³-hybridized carbons (Fsp3) is 0.818. The molecule has 0 aliphatic heterocycles. The van der Waals surface area contributed by atoms with Gasteiger partial charge in [0.15, 0.2) is 0 Å². The lowest BCUT2D eigenvalue weighted by Crippen LogP contribution is -2.31. The average molecular weight is 197 g/mol. The van der Waals surface area contributed by atoms with Crippen LogP contribution in [0.2, 0.25) is 0 Å². The Morgan fingerprint density at radius 2 is 2.08 bits per heavy atom. The zero-order chi connectivity index (χ0) is 10.3. The monoisotopic (exact) mass is 197 g/mol. The van der Waals surface area contributed by atoms with Crippen molar-refractivity contribution in [2.24, 2.45) is 5.92 Å². The molecule has 0 bridgehead atoms. The molecular weight excluding hydrogens is 176 g/mol. The Kier molecular flexibility index (Phi) is 6.34. The van der Waals surface area contributed by atoms with E-state index in [1.165, 1.54) is 19.3 Å². The molecule has 0 heterocycles. The van der Waals surface area contributed by atoms with E-state index in [1.807, 2.05) is 6.08 Å². The second kappa shape index (κ2) is 6.38. The molecule has 0 aromatic rings. The minimum atomic E-state index is -0.0644. The van der Waals surface area contributed by atoms with Gasteiger partial charge < -0.3 is 4.43 Å². The Balaban J connectivity index is 3.61. The zero-order valence-electron chi connectivity index (χ0n) is 9.10. The quantitative estimate of drug-likeness (QED) is 0.346. The van der Waals surface area contributed by atoms with Crippen molar-refractivity contribution in [3.8, 4) is 0 Å². The average Bonchev–Trinajstić information content (AvgIpc) is 2.12. The molecule has 1 nitrogen and oxygen atoms in total. The molecule has 2 heteroatoms. The van der Waals surface area contributed by atoms with Crippen LogP contribution in [0.15, 0.2) is 12.7 Å². The Bertz CT molecular complexity index is 143. The van der Waals surface area contributed by atoms with Crippen LogP contribution in [0.1, 0.15) is 46.5 Å². The number of hydrogen-bond donors (Lipinski definition) is 0. The summed E-state index contributed by atoms with van der Waals surface area (Å²) in [5, 5.41) is 0. The Morgan fingerprint density at radius 1 is 1.46 bits per heavy atom. The van der Waals surface area contributed by atoms with E-state index in [2.05, 4.69) is 37.8 Å². The molecule has 0 aliphatic rings. The summed E-state index contributed by atoms with van der Waals surface area (Å²) in [6, 6.07) is 0. The molecule has 0 N–H and O–H groups in total. The first-order valence-corrected chi connectivity index (χ1v) is 5.41. The molecule has 0 saturated heterocycles. The van der Waals surface area contributed by atoms with Crippen molar-refractivity contribution in [1.82, 2.24) is 0 Å². The lowest BCUT2D eigenvalue weighted by Gasteiger charge is -2.30. The molecule has 0 spiro atoms. The van der Waals surface area contributed by atoms with Crippen molar-refractivity contribution in [2.45, 2.75) is 52.1 Å². The summed E-state index contributed by atoms with van der Waals surface area (Å²) in [6.07, 6.45) is 6.82. The highest BCUT2D eigenvalue weighted by Crippen LogP contribution is 2.24. The second-order valence-electron chi connectivity index (χ2n) is 4.18. The van der Waals surface area contributed by atoms with Gasteiger partial charge in [0.1, 0.15) is 0 Å². The fourth-order valence-electron chi connectivity index (χ4n) is 1.19. The highest BCUT2D eigenvalue weighted by atomic mass is 28.2. The van der Waals surface area contributed by atoms with Crippen LogP contribution in [-0.2, 0) is 4.43 Å². The maximum absolute atomic E-state index is 5.24. The Hall–Kier alpha value is -0.0831. The Morgan fingerprint density at radius 3 is 2.54 bits per heavy atom. The van der Waals surface area contributed by atoms with Crippen LogP contribution in [0.5, 0.6) is 0 Å². The normalized spacial score (nSPS) is 14.2. The van der Waals surface area contributed by atoms with Gasteiger partial charge in [-0.05, 0) is 39.0 Å². The topological polar surface area (TPSA) is 9.23 Å². The van der Waals surface area contributed by atoms with Crippen LogP contribution in [0.3, 0.4) is 0 Å². The van der Waals surface area contributed by atoms with E-state index in [0.717, 1.165) is 6.42 Å². The van der Waals surface area contributed by atoms with E-state index in [0.29, 0.717) is 5.92 Å². The maximum atomic E-state index is 5.24. The predicted molar refractivity (Wildman–Crippen MR) is 58.7 cm³/mol. The van der Waals surface area contributed by atoms with Gasteiger partial charge in [-0.2, -0.15) is 0 Å². The molecule has 0 fully saturated rings. The van der Waals surface area contributed by atoms with Gasteiger partial charge in [0.2, 0.25) is 10.5 Å². The summed E-state index contributed by atoms with van der Waals surface area (Å²) in [4.78, 5) is 0. The molecule has 3 radical (unpaired) electrons. The van der Waals surface area contributed by atoms with Gasteiger partial charge in [-0.15, -0.1) is 6.58 Å². The predicted octanol–water partition coefficient (Wildman–Crippen LogP) is 3.25. The van der Waals surface area contributed by atoms with E-state index < -0.39 is 0 Å². The molecule has 0 rings (SSSR count). The minimum Gasteiger partial charge on any atom is -0.413 e. The van der Waals surface area contributed by atoms with Crippen LogP contribution in [0.25, 0.3) is 0 Å². The van der Waals surface area contributed by atoms with E-state index in [1.54, 1.807) is 0 Å². The van der Waals surface area contributed by atoms with Gasteiger partial charge in [0.05, 0.1) is 5.60 Å². The summed E-state index contributed by atoms with van der Waals surface area (Å²) < 4.78 is 5.24. The van der Waals surface area contributed by atoms with Crippen molar-refractivity contribution in [3.05, 3.63) is 12.7 Å². The lowest BCUT2D eigenvalue weighted by molar-refractivity contribution is 0.0563. The zero-order valence-corrected chi connectivity index (χ0v) is 10.1. The van der Waals surface area contributed by atoms with Crippen molar-refractivity contribution in [2.75, 3.05) is 0 Å². The first-order chi connectivity index (χ1) is 6.04. The third-order valence-electron chi connectivity index (χ3n) is 2.75. The SMILES string of the molecule is C=CCCCCC(C)C(C)(C)O[Si]. The van der Waals surface area contributed by atoms with E-state index in [-0.39, 0.29) is 5.60 Å². The summed E-state index contributed by atoms with van der Waals surface area (Å²) in [7, 11) is 3.13. The van der Waals surface area contributed by atoms with Gasteiger partial charge in [-0.1, -0.05) is 19.4 Å². The molecule has 1 unspecified atom stereocenters. The number of hydrogen-bond acceptors (Lipinski definition) is 1. The molecule has 0 amide bonds. The first kappa shape index (κ1) is 12.9. The maximum Gasteiger partial charge on any atom is 0.246 e. The highest BCUT2D eigenvalue weighted by Gasteiger charge is 2.23. The Labute approximate surface area is 86.1 Å². The number of unbranched alkanes of at least 4 members (excludes halogenated alkanes) is 2. The van der Waals surface area contributed by atoms with Crippen LogP contribution in [-0.4, -0.2) is 16.1 Å². The molecule has 0 saturated carbocycles. The van der Waals surface area contributed by atoms with Gasteiger partial charge >= 0.3 is 0 Å². The largest absolute Gasteiger partial charge is 0.413 e. The summed E-state index contributed by atoms with van der Waals surface area (Å²) >= 11 is 0. The van der Waals surface area contributed by atoms with E-state index >= 15 is 0 Å². The lowest BCUT2D eigenvalue weighted by atomic mass is 9.88. The third kappa shape index (κ3) is 5.27. The molecule has 75 valence electrons. The van der Waals surface area contributed by atoms with Gasteiger partial charge in [0, 0.05) is 0 Å². The minimum absolute atomic E-state index is 0.0644. The molecule has 13 heavy (non-hydrogen) atoms. The fourth-order valence-corrected chi connectivity index (χ4v) is 1.39. The van der Waals surface area contributed by atoms with Crippen molar-refractivity contribution < 1.29 is 4.43 Å². The van der Waals surface area contributed by atoms with Crippen molar-refractivity contribution >= 4 is 10.5 Å². The van der Waals surface area contributed by atoms with Crippen molar-refractivity contribution in [3.63, 3.8) is 0 Å². The smallest absolute Gasteiger partial charge is 0.246 e. The molecule has 0 aliphatic carbocycles. The summed E-state index contributed by atoms with van der Waals surface area (Å²) in [5.74, 6) is 0.579. The number of allylic oxidation sites excluding steroid dienone is 1. The van der Waals surface area contributed by atoms with Gasteiger partial charge in [-0.25, -0.2) is 0 Å². The molecule has 0 aromatic carbocycles. The standard InChI is InChI=1S/C11H21OSi/c1-5-6-7-8-9-10(2)11(3,4)12-13/h5,10H,1,6-9H2,2-4H3. The molecular formula is C11H21OSi. The van der Waals surface area contributed by atoms with E-state index in [4.69, 9.17) is 4.43 Å². The second-order valence-corrected chi connectivity index (χ2v) is 4.38. The van der Waals surface area contributed by atoms with Crippen LogP contribution < -0.4 is 0 Å². The summed E-state index contributed by atoms with van der Waals surface area (Å²) in [6.45, 7) is 10.2. The van der Waals surface area contributed by atoms with Gasteiger partial charge in [-0.3, -0.25) is 0 Å². The van der Waals surface area contributed by atoms with Crippen LogP contribution >= 0.6 is 0 Å². The van der Waals surface area contributed by atoms with Crippen molar-refractivity contribution in [1.29, 1.82) is 0 Å². The van der Waals surface area contributed by atoms with Gasteiger partial charge in [0.25, 0.3) is 0 Å². The third-order valence-corrected chi connectivity index (χ3v) is 3.27. The molecule has 0 aromatic heterocycles. The highest BCUT2D eigenvalue weighted by molar-refractivity contribution is 5.98. The summed E-state index contributed by atoms with van der Waals surface area (Å²) in [5.41, 5.74) is -0.0644. The number of rotatable bonds is 7. The first-order valence-electron chi connectivity index (χ1n) is 5.00. The molecule has 1 atom stereocenters. The van der Waals surface area contributed by atoms with E-state index in [9.17, 15) is 0 Å². The van der Waals surface area contributed by atoms with Crippen LogP contribution in [0, 0.1) is 5.92 Å². The van der Waals surface area contributed by atoms with Crippen LogP contribution in [0.4, 0.5) is 0 Å².